The highest BCUT2D eigenvalue weighted by atomic mass is 32.2. The first-order valence-corrected chi connectivity index (χ1v) is 13.2. The molecule has 37 heavy (non-hydrogen) atoms. The largest absolute Gasteiger partial charge is 0.495 e. The molecule has 2 N–H and O–H groups in total. The molecule has 0 heterocycles. The van der Waals surface area contributed by atoms with Crippen molar-refractivity contribution in [1.82, 2.24) is 4.90 Å². The molecule has 1 amide bonds. The van der Waals surface area contributed by atoms with Crippen molar-refractivity contribution in [2.75, 3.05) is 31.2 Å². The van der Waals surface area contributed by atoms with E-state index in [-0.39, 0.29) is 16.6 Å². The number of rotatable bonds is 9. The second kappa shape index (κ2) is 11.2. The Kier molecular flexibility index (Phi) is 7.79. The summed E-state index contributed by atoms with van der Waals surface area (Å²) in [6, 6.07) is 29.1. The van der Waals surface area contributed by atoms with Crippen LogP contribution in [0.4, 0.5) is 11.4 Å². The summed E-state index contributed by atoms with van der Waals surface area (Å²) in [5, 5.41) is 3.31. The van der Waals surface area contributed by atoms with E-state index in [2.05, 4.69) is 10.0 Å². The quantitative estimate of drug-likeness (QED) is 0.308. The Morgan fingerprint density at radius 1 is 0.811 bits per heavy atom. The molecule has 4 rings (SSSR count). The van der Waals surface area contributed by atoms with Crippen LogP contribution in [-0.2, 0) is 16.6 Å². The first kappa shape index (κ1) is 25.8. The molecule has 190 valence electrons. The molecule has 0 saturated heterocycles. The third-order valence-corrected chi connectivity index (χ3v) is 7.16. The van der Waals surface area contributed by atoms with E-state index in [1.165, 1.54) is 12.0 Å². The zero-order chi connectivity index (χ0) is 26.4. The van der Waals surface area contributed by atoms with Gasteiger partial charge in [-0.25, -0.2) is 8.42 Å². The van der Waals surface area contributed by atoms with Crippen LogP contribution in [0.5, 0.6) is 5.75 Å². The van der Waals surface area contributed by atoms with Gasteiger partial charge in [-0.15, -0.1) is 0 Å². The lowest BCUT2D eigenvalue weighted by molar-refractivity contribution is 0.0827. The first-order valence-electron chi connectivity index (χ1n) is 11.7. The summed E-state index contributed by atoms with van der Waals surface area (Å²) in [4.78, 5) is 13.9. The van der Waals surface area contributed by atoms with E-state index in [0.29, 0.717) is 23.4 Å². The maximum atomic E-state index is 13.4. The molecule has 0 radical (unpaired) electrons. The Labute approximate surface area is 217 Å². The smallest absolute Gasteiger partial charge is 0.265 e. The van der Waals surface area contributed by atoms with Gasteiger partial charge in [0.05, 0.1) is 12.8 Å². The van der Waals surface area contributed by atoms with E-state index in [1.54, 1.807) is 68.7 Å². The van der Waals surface area contributed by atoms with Crippen molar-refractivity contribution < 1.29 is 17.9 Å². The third-order valence-electron chi connectivity index (χ3n) is 5.76. The maximum Gasteiger partial charge on any atom is 0.265 e. The van der Waals surface area contributed by atoms with E-state index in [0.717, 1.165) is 16.8 Å². The van der Waals surface area contributed by atoms with Gasteiger partial charge in [0.1, 0.15) is 10.6 Å². The molecule has 0 fully saturated rings. The van der Waals surface area contributed by atoms with Crippen LogP contribution in [0.3, 0.4) is 0 Å². The van der Waals surface area contributed by atoms with Crippen molar-refractivity contribution in [3.63, 3.8) is 0 Å². The molecular weight excluding hydrogens is 486 g/mol. The Morgan fingerprint density at radius 3 is 2.24 bits per heavy atom. The number of amides is 1. The molecule has 4 aromatic rings. The van der Waals surface area contributed by atoms with Gasteiger partial charge in [0.2, 0.25) is 0 Å². The normalized spacial score (nSPS) is 11.0. The Morgan fingerprint density at radius 2 is 1.51 bits per heavy atom. The van der Waals surface area contributed by atoms with Gasteiger partial charge in [0.25, 0.3) is 15.9 Å². The number of hydrogen-bond acceptors (Lipinski definition) is 5. The topological polar surface area (TPSA) is 87.7 Å². The average molecular weight is 516 g/mol. The Hall–Kier alpha value is -4.30. The van der Waals surface area contributed by atoms with E-state index in [1.807, 2.05) is 42.5 Å². The number of carbonyl (C=O) groups excluding carboxylic acids is 1. The van der Waals surface area contributed by atoms with Crippen LogP contribution in [0.15, 0.2) is 102 Å². The molecular formula is C29H29N3O4S. The van der Waals surface area contributed by atoms with Crippen LogP contribution in [0.1, 0.15) is 15.9 Å². The van der Waals surface area contributed by atoms with Crippen LogP contribution in [-0.4, -0.2) is 40.4 Å². The fourth-order valence-corrected chi connectivity index (χ4v) is 5.10. The lowest BCUT2D eigenvalue weighted by atomic mass is 10.0. The van der Waals surface area contributed by atoms with Crippen LogP contribution in [0, 0.1) is 0 Å². The molecule has 7 nitrogen and oxygen atoms in total. The molecule has 0 aromatic heterocycles. The van der Waals surface area contributed by atoms with Gasteiger partial charge in [0.15, 0.2) is 0 Å². The number of carbonyl (C=O) groups is 1. The van der Waals surface area contributed by atoms with E-state index in [9.17, 15) is 13.2 Å². The van der Waals surface area contributed by atoms with Crippen LogP contribution in [0.2, 0.25) is 0 Å². The number of hydrogen-bond donors (Lipinski definition) is 2. The molecule has 0 atom stereocenters. The number of nitrogens with zero attached hydrogens (tertiary/aromatic N) is 1. The third kappa shape index (κ3) is 6.29. The summed E-state index contributed by atoms with van der Waals surface area (Å²) < 4.78 is 34.9. The molecule has 0 bridgehead atoms. The SMILES string of the molecule is COc1ccc(-c2cccc(C(=O)N(C)C)c2)cc1S(=O)(=O)Nc1cccc(NCc2ccccc2)c1. The zero-order valence-electron chi connectivity index (χ0n) is 20.9. The highest BCUT2D eigenvalue weighted by Crippen LogP contribution is 2.32. The van der Waals surface area contributed by atoms with E-state index >= 15 is 0 Å². The van der Waals surface area contributed by atoms with Crippen molar-refractivity contribution in [2.24, 2.45) is 0 Å². The van der Waals surface area contributed by atoms with Gasteiger partial charge in [-0.05, 0) is 59.2 Å². The molecule has 0 spiro atoms. The van der Waals surface area contributed by atoms with Crippen LogP contribution >= 0.6 is 0 Å². The van der Waals surface area contributed by atoms with Crippen molar-refractivity contribution in [1.29, 1.82) is 0 Å². The number of methoxy groups -OCH3 is 1. The molecule has 0 saturated carbocycles. The molecule has 0 unspecified atom stereocenters. The van der Waals surface area contributed by atoms with Crippen molar-refractivity contribution in [3.8, 4) is 16.9 Å². The predicted octanol–water partition coefficient (Wildman–Crippen LogP) is 5.48. The highest BCUT2D eigenvalue weighted by Gasteiger charge is 2.21. The lowest BCUT2D eigenvalue weighted by Gasteiger charge is -2.15. The van der Waals surface area contributed by atoms with Gasteiger partial charge >= 0.3 is 0 Å². The second-order valence-corrected chi connectivity index (χ2v) is 10.3. The van der Waals surface area contributed by atoms with Gasteiger partial charge in [0, 0.05) is 31.9 Å². The van der Waals surface area contributed by atoms with Gasteiger partial charge < -0.3 is 15.0 Å². The van der Waals surface area contributed by atoms with E-state index in [4.69, 9.17) is 4.74 Å². The summed E-state index contributed by atoms with van der Waals surface area (Å²) in [6.45, 7) is 0.613. The minimum atomic E-state index is -3.99. The highest BCUT2D eigenvalue weighted by molar-refractivity contribution is 7.92. The molecule has 0 aliphatic carbocycles. The summed E-state index contributed by atoms with van der Waals surface area (Å²) >= 11 is 0. The van der Waals surface area contributed by atoms with Gasteiger partial charge in [-0.3, -0.25) is 9.52 Å². The van der Waals surface area contributed by atoms with Crippen LogP contribution < -0.4 is 14.8 Å². The number of benzene rings is 4. The standard InChI is InChI=1S/C29H29N3O4S/c1-32(2)29(33)24-12-7-11-22(17-24)23-15-16-27(36-3)28(18-23)37(34,35)31-26-14-8-13-25(19-26)30-20-21-9-5-4-6-10-21/h4-19,30-31H,20H2,1-3H3. The number of nitrogens with one attached hydrogen (secondary N) is 2. The summed E-state index contributed by atoms with van der Waals surface area (Å²) in [6.07, 6.45) is 0. The fourth-order valence-electron chi connectivity index (χ4n) is 3.86. The number of sulfonamides is 1. The van der Waals surface area contributed by atoms with E-state index < -0.39 is 10.0 Å². The fraction of sp³-hybridized carbons (Fsp3) is 0.138. The molecule has 8 heteroatoms. The minimum absolute atomic E-state index is 0.000475. The Balaban J connectivity index is 1.60. The van der Waals surface area contributed by atoms with Crippen LogP contribution in [0.25, 0.3) is 11.1 Å². The molecule has 0 aliphatic heterocycles. The lowest BCUT2D eigenvalue weighted by Crippen LogP contribution is -2.21. The van der Waals surface area contributed by atoms with Gasteiger partial charge in [-0.2, -0.15) is 0 Å². The van der Waals surface area contributed by atoms with Gasteiger partial charge in [-0.1, -0.05) is 54.6 Å². The second-order valence-electron chi connectivity index (χ2n) is 8.67. The minimum Gasteiger partial charge on any atom is -0.495 e. The molecule has 4 aromatic carbocycles. The number of anilines is 2. The number of ether oxygens (including phenoxy) is 1. The summed E-state index contributed by atoms with van der Waals surface area (Å²) in [7, 11) is 0.812. The Bertz CT molecular complexity index is 1500. The summed E-state index contributed by atoms with van der Waals surface area (Å²) in [5.74, 6) is 0.0840. The molecule has 0 aliphatic rings. The predicted molar refractivity (Wildman–Crippen MR) is 147 cm³/mol. The maximum absolute atomic E-state index is 13.4. The van der Waals surface area contributed by atoms with Crippen molar-refractivity contribution >= 4 is 27.3 Å². The summed E-state index contributed by atoms with van der Waals surface area (Å²) in [5.41, 5.74) is 4.20. The van der Waals surface area contributed by atoms with Crippen molar-refractivity contribution in [3.05, 3.63) is 108 Å². The monoisotopic (exact) mass is 515 g/mol. The first-order chi connectivity index (χ1) is 17.8. The zero-order valence-corrected chi connectivity index (χ0v) is 21.7. The van der Waals surface area contributed by atoms with Crippen molar-refractivity contribution in [2.45, 2.75) is 11.4 Å². The average Bonchev–Trinajstić information content (AvgIpc) is 2.91.